The topological polar surface area (TPSA) is 122 Å². The average molecular weight is 430 g/mol. The minimum atomic E-state index is -2.24. The molecule has 1 rings (SSSR count). The molecule has 0 N–H and O–H groups in total. The third kappa shape index (κ3) is 7.45. The summed E-state index contributed by atoms with van der Waals surface area (Å²) in [5.74, 6) is -1.90. The van der Waals surface area contributed by atoms with Gasteiger partial charge < -0.3 is 14.4 Å². The molecule has 2 atom stereocenters. The van der Waals surface area contributed by atoms with Crippen LogP contribution in [-0.4, -0.2) is 57.4 Å². The molecule has 146 valence electrons. The molecule has 9 nitrogen and oxygen atoms in total. The quantitative estimate of drug-likeness (QED) is 0.169. The Morgan fingerprint density at radius 1 is 1.27 bits per heavy atom. The number of hydrogen-bond acceptors (Lipinski definition) is 6. The van der Waals surface area contributed by atoms with Gasteiger partial charge >= 0.3 is 12.1 Å². The van der Waals surface area contributed by atoms with Gasteiger partial charge in [0.05, 0.1) is 12.6 Å². The second-order valence-corrected chi connectivity index (χ2v) is 8.89. The van der Waals surface area contributed by atoms with E-state index in [1.54, 1.807) is 20.8 Å². The van der Waals surface area contributed by atoms with E-state index in [0.29, 0.717) is 0 Å². The Balaban J connectivity index is 2.79. The van der Waals surface area contributed by atoms with Crippen LogP contribution in [0.15, 0.2) is 5.11 Å². The molecular weight excluding hydrogens is 411 g/mol. The molecule has 0 saturated carbocycles. The summed E-state index contributed by atoms with van der Waals surface area (Å²) >= 11 is 16.2. The predicted octanol–water partition coefficient (Wildman–Crippen LogP) is 3.55. The summed E-state index contributed by atoms with van der Waals surface area (Å²) in [6, 6.07) is -0.689. The summed E-state index contributed by atoms with van der Waals surface area (Å²) < 4.78 is 8.22. The minimum Gasteiger partial charge on any atom is -0.460 e. The van der Waals surface area contributed by atoms with Crippen molar-refractivity contribution in [3.63, 3.8) is 0 Å². The number of carbonyl (C=O) groups is 3. The number of amides is 1. The van der Waals surface area contributed by atoms with Crippen molar-refractivity contribution in [3.8, 4) is 0 Å². The first kappa shape index (κ1) is 22.6. The van der Waals surface area contributed by atoms with Gasteiger partial charge in [0, 0.05) is 11.5 Å². The van der Waals surface area contributed by atoms with Gasteiger partial charge in [-0.2, -0.15) is 0 Å². The molecular formula is C14H19Cl3N4O5. The molecule has 1 saturated heterocycles. The number of likely N-dealkylation sites (tertiary alicyclic amines) is 1. The fraction of sp³-hybridized carbons (Fsp3) is 0.786. The molecule has 0 unspecified atom stereocenters. The number of alkyl halides is 3. The third-order valence-electron chi connectivity index (χ3n) is 3.28. The van der Waals surface area contributed by atoms with E-state index in [2.05, 4.69) is 10.0 Å². The number of esters is 1. The smallest absolute Gasteiger partial charge is 0.410 e. The molecule has 12 heteroatoms. The normalized spacial score (nSPS) is 20.8. The number of hydrogen-bond donors (Lipinski definition) is 0. The number of rotatable bonds is 4. The Hall–Kier alpha value is -1.41. The Morgan fingerprint density at radius 2 is 1.88 bits per heavy atom. The summed E-state index contributed by atoms with van der Waals surface area (Å²) in [5, 5.41) is 3.58. The summed E-state index contributed by atoms with van der Waals surface area (Å²) in [7, 11) is 0. The van der Waals surface area contributed by atoms with Gasteiger partial charge in [-0.3, -0.25) is 9.59 Å². The lowest BCUT2D eigenvalue weighted by Gasteiger charge is -2.36. The molecule has 0 bridgehead atoms. The summed E-state index contributed by atoms with van der Waals surface area (Å²) in [5.41, 5.74) is 7.96. The average Bonchev–Trinajstić information content (AvgIpc) is 2.46. The zero-order valence-corrected chi connectivity index (χ0v) is 16.7. The molecule has 26 heavy (non-hydrogen) atoms. The van der Waals surface area contributed by atoms with Gasteiger partial charge in [0.2, 0.25) is 3.79 Å². The predicted molar refractivity (Wildman–Crippen MR) is 95.2 cm³/mol. The van der Waals surface area contributed by atoms with E-state index in [1.165, 1.54) is 4.90 Å². The first-order valence-electron chi connectivity index (χ1n) is 7.65. The van der Waals surface area contributed by atoms with Gasteiger partial charge in [-0.15, -0.1) is 0 Å². The van der Waals surface area contributed by atoms with Crippen LogP contribution in [0.2, 0.25) is 0 Å². The second kappa shape index (κ2) is 8.99. The van der Waals surface area contributed by atoms with Crippen molar-refractivity contribution in [2.45, 2.75) is 55.2 Å². The molecule has 1 amide bonds. The summed E-state index contributed by atoms with van der Waals surface area (Å²) in [6.07, 6.45) is -2.03. The fourth-order valence-corrected chi connectivity index (χ4v) is 2.35. The van der Waals surface area contributed by atoms with Crippen molar-refractivity contribution in [1.82, 2.24) is 4.90 Å². The van der Waals surface area contributed by atoms with E-state index >= 15 is 0 Å². The van der Waals surface area contributed by atoms with Crippen LogP contribution in [-0.2, 0) is 19.1 Å². The molecule has 0 aromatic heterocycles. The van der Waals surface area contributed by atoms with E-state index in [-0.39, 0.29) is 19.5 Å². The highest BCUT2D eigenvalue weighted by Gasteiger charge is 2.37. The van der Waals surface area contributed by atoms with E-state index < -0.39 is 45.8 Å². The van der Waals surface area contributed by atoms with Gasteiger partial charge in [0.1, 0.15) is 18.1 Å². The number of piperidine rings is 1. The van der Waals surface area contributed by atoms with Crippen molar-refractivity contribution in [2.24, 2.45) is 5.11 Å². The van der Waals surface area contributed by atoms with Gasteiger partial charge in [0.25, 0.3) is 0 Å². The maximum atomic E-state index is 12.2. The first-order chi connectivity index (χ1) is 11.8. The van der Waals surface area contributed by atoms with Crippen molar-refractivity contribution in [2.75, 3.05) is 13.1 Å². The van der Waals surface area contributed by atoms with E-state index in [1.807, 2.05) is 0 Å². The van der Waals surface area contributed by atoms with Crippen LogP contribution in [0.3, 0.4) is 0 Å². The summed E-state index contributed by atoms with van der Waals surface area (Å²) in [6.45, 7) is 5.37. The van der Waals surface area contributed by atoms with Gasteiger partial charge in [-0.1, -0.05) is 39.9 Å². The van der Waals surface area contributed by atoms with E-state index in [0.717, 1.165) is 0 Å². The molecule has 1 aliphatic heterocycles. The zero-order chi connectivity index (χ0) is 20.1. The third-order valence-corrected chi connectivity index (χ3v) is 3.91. The Bertz CT molecular complexity index is 611. The molecule has 0 aromatic rings. The number of Topliss-reactive ketones (excluding diaryl/α,β-unsaturated/α-hetero) is 1. The second-order valence-electron chi connectivity index (χ2n) is 6.61. The number of halogens is 3. The lowest BCUT2D eigenvalue weighted by Crippen LogP contribution is -2.51. The lowest BCUT2D eigenvalue weighted by molar-refractivity contribution is -0.154. The highest BCUT2D eigenvalue weighted by atomic mass is 35.6. The Labute approximate surface area is 165 Å². The first-order valence-corrected chi connectivity index (χ1v) is 8.78. The number of ketones is 1. The SMILES string of the molecule is CC(C)(C)OC(=O)N1CC[C@@H](N=[N+]=[N-])[C@H](OC(=O)CC(=O)C(Cl)(Cl)Cl)C1. The highest BCUT2D eigenvalue weighted by Crippen LogP contribution is 2.29. The molecule has 0 aromatic carbocycles. The van der Waals surface area contributed by atoms with Crippen LogP contribution < -0.4 is 0 Å². The lowest BCUT2D eigenvalue weighted by atomic mass is 10.0. The van der Waals surface area contributed by atoms with Crippen molar-refractivity contribution < 1.29 is 23.9 Å². The zero-order valence-electron chi connectivity index (χ0n) is 14.4. The maximum Gasteiger partial charge on any atom is 0.410 e. The Kier molecular flexibility index (Phi) is 7.83. The minimum absolute atomic E-state index is 0.0493. The largest absolute Gasteiger partial charge is 0.460 e. The van der Waals surface area contributed by atoms with E-state index in [4.69, 9.17) is 49.8 Å². The highest BCUT2D eigenvalue weighted by molar-refractivity contribution is 6.76. The van der Waals surface area contributed by atoms with Crippen LogP contribution >= 0.6 is 34.8 Å². The summed E-state index contributed by atoms with van der Waals surface area (Å²) in [4.78, 5) is 39.7. The molecule has 0 radical (unpaired) electrons. The fourth-order valence-electron chi connectivity index (χ4n) is 2.15. The van der Waals surface area contributed by atoms with Crippen LogP contribution in [0.1, 0.15) is 33.6 Å². The molecule has 1 heterocycles. The van der Waals surface area contributed by atoms with Gasteiger partial charge in [-0.25, -0.2) is 4.79 Å². The van der Waals surface area contributed by atoms with Crippen LogP contribution in [0.4, 0.5) is 4.79 Å². The van der Waals surface area contributed by atoms with Crippen LogP contribution in [0.25, 0.3) is 10.4 Å². The maximum absolute atomic E-state index is 12.2. The van der Waals surface area contributed by atoms with Crippen molar-refractivity contribution in [1.29, 1.82) is 0 Å². The molecule has 1 aliphatic rings. The molecule has 1 fully saturated rings. The number of nitrogens with zero attached hydrogens (tertiary/aromatic N) is 4. The monoisotopic (exact) mass is 428 g/mol. The van der Waals surface area contributed by atoms with Crippen LogP contribution in [0, 0.1) is 0 Å². The van der Waals surface area contributed by atoms with Crippen LogP contribution in [0.5, 0.6) is 0 Å². The van der Waals surface area contributed by atoms with Crippen molar-refractivity contribution >= 4 is 52.6 Å². The van der Waals surface area contributed by atoms with E-state index in [9.17, 15) is 14.4 Å². The molecule has 0 aliphatic carbocycles. The standard InChI is InChI=1S/C14H19Cl3N4O5/c1-13(2,3)26-12(24)21-5-4-8(19-20-18)9(7-21)25-11(23)6-10(22)14(15,16)17/h8-9H,4-7H2,1-3H3/t8-,9-/m1/s1. The molecule has 0 spiro atoms. The Morgan fingerprint density at radius 3 is 2.38 bits per heavy atom. The number of azide groups is 1. The van der Waals surface area contributed by atoms with Gasteiger partial charge in [0.15, 0.2) is 5.78 Å². The number of ether oxygens (including phenoxy) is 2. The number of carbonyl (C=O) groups excluding carboxylic acids is 3. The van der Waals surface area contributed by atoms with Crippen molar-refractivity contribution in [3.05, 3.63) is 10.4 Å². The van der Waals surface area contributed by atoms with Gasteiger partial charge in [-0.05, 0) is 32.7 Å².